The van der Waals surface area contributed by atoms with Gasteiger partial charge in [0.2, 0.25) is 10.0 Å². The number of aromatic nitrogens is 2. The van der Waals surface area contributed by atoms with Gasteiger partial charge in [0.25, 0.3) is 0 Å². The lowest BCUT2D eigenvalue weighted by molar-refractivity contribution is -0.137. The van der Waals surface area contributed by atoms with E-state index in [1.165, 1.54) is 18.5 Å². The van der Waals surface area contributed by atoms with E-state index in [9.17, 15) is 21.6 Å². The van der Waals surface area contributed by atoms with E-state index in [1.54, 1.807) is 31.2 Å². The van der Waals surface area contributed by atoms with E-state index in [-0.39, 0.29) is 5.56 Å². The van der Waals surface area contributed by atoms with Gasteiger partial charge in [-0.15, -0.1) is 0 Å². The Bertz CT molecular complexity index is 1060. The van der Waals surface area contributed by atoms with Crippen molar-refractivity contribution in [1.29, 1.82) is 0 Å². The topological polar surface area (TPSA) is 78.0 Å². The number of alkyl halides is 3. The third kappa shape index (κ3) is 3.35. The summed E-state index contributed by atoms with van der Waals surface area (Å²) in [7, 11) is -4.45. The monoisotopic (exact) mass is 381 g/mol. The van der Waals surface area contributed by atoms with Gasteiger partial charge in [-0.2, -0.15) is 18.3 Å². The van der Waals surface area contributed by atoms with Crippen molar-refractivity contribution in [1.82, 2.24) is 9.78 Å². The molecule has 0 radical (unpaired) electrons. The van der Waals surface area contributed by atoms with Gasteiger partial charge in [0, 0.05) is 12.4 Å². The Hall–Kier alpha value is -2.65. The lowest BCUT2D eigenvalue weighted by Crippen LogP contribution is -2.20. The molecule has 0 bridgehead atoms. The zero-order chi connectivity index (χ0) is 19.1. The van der Waals surface area contributed by atoms with E-state index in [2.05, 4.69) is 5.10 Å². The quantitative estimate of drug-likeness (QED) is 0.754. The van der Waals surface area contributed by atoms with Crippen molar-refractivity contribution in [3.05, 3.63) is 66.0 Å². The highest BCUT2D eigenvalue weighted by Crippen LogP contribution is 2.40. The molecular weight excluding hydrogens is 367 g/mol. The molecule has 136 valence electrons. The Labute approximate surface area is 147 Å². The van der Waals surface area contributed by atoms with E-state index >= 15 is 0 Å². The van der Waals surface area contributed by atoms with Gasteiger partial charge < -0.3 is 0 Å². The van der Waals surface area contributed by atoms with Crippen molar-refractivity contribution in [3.8, 4) is 16.8 Å². The minimum absolute atomic E-state index is 0.107. The Morgan fingerprint density at radius 2 is 1.81 bits per heavy atom. The van der Waals surface area contributed by atoms with Crippen LogP contribution in [0.1, 0.15) is 11.1 Å². The first-order valence-corrected chi connectivity index (χ1v) is 8.98. The van der Waals surface area contributed by atoms with Crippen LogP contribution >= 0.6 is 0 Å². The first kappa shape index (κ1) is 18.2. The van der Waals surface area contributed by atoms with Gasteiger partial charge in [-0.1, -0.05) is 24.3 Å². The molecule has 2 aromatic carbocycles. The van der Waals surface area contributed by atoms with E-state index in [1.807, 2.05) is 0 Å². The van der Waals surface area contributed by atoms with E-state index in [4.69, 9.17) is 5.14 Å². The lowest BCUT2D eigenvalue weighted by atomic mass is 9.97. The molecule has 26 heavy (non-hydrogen) atoms. The number of halogens is 3. The first-order chi connectivity index (χ1) is 12.1. The summed E-state index contributed by atoms with van der Waals surface area (Å²) in [5.41, 5.74) is -0.466. The van der Waals surface area contributed by atoms with Crippen LogP contribution in [0.15, 0.2) is 59.8 Å². The normalized spacial score (nSPS) is 12.3. The van der Waals surface area contributed by atoms with Crippen molar-refractivity contribution < 1.29 is 21.6 Å². The standard InChI is InChI=1S/C17H14F3N3O2S/c1-11-5-2-3-6-13(11)12-9-14(17(18,19)20)16(23-8-4-7-22-23)15(10-12)26(21,24)25/h2-10H,1H3,(H2,21,24,25). The molecule has 0 saturated carbocycles. The third-order valence-corrected chi connectivity index (χ3v) is 4.80. The van der Waals surface area contributed by atoms with Crippen LogP contribution in [-0.4, -0.2) is 18.2 Å². The molecule has 1 heterocycles. The van der Waals surface area contributed by atoms with Gasteiger partial charge in [-0.05, 0) is 41.8 Å². The van der Waals surface area contributed by atoms with Crippen LogP contribution in [0.4, 0.5) is 13.2 Å². The molecule has 0 aliphatic heterocycles. The molecule has 3 rings (SSSR count). The van der Waals surface area contributed by atoms with E-state index in [0.717, 1.165) is 16.8 Å². The Morgan fingerprint density at radius 1 is 1.12 bits per heavy atom. The fourth-order valence-electron chi connectivity index (χ4n) is 2.73. The predicted octanol–water partition coefficient (Wildman–Crippen LogP) is 3.51. The number of nitrogens with zero attached hydrogens (tertiary/aromatic N) is 2. The summed E-state index contributed by atoms with van der Waals surface area (Å²) >= 11 is 0. The summed E-state index contributed by atoms with van der Waals surface area (Å²) in [4.78, 5) is -0.644. The fraction of sp³-hybridized carbons (Fsp3) is 0.118. The second-order valence-electron chi connectivity index (χ2n) is 5.68. The van der Waals surface area contributed by atoms with E-state index in [0.29, 0.717) is 11.1 Å². The average Bonchev–Trinajstić information content (AvgIpc) is 3.06. The maximum absolute atomic E-state index is 13.7. The summed E-state index contributed by atoms with van der Waals surface area (Å²) < 4.78 is 66.2. The van der Waals surface area contributed by atoms with Crippen LogP contribution in [0.25, 0.3) is 16.8 Å². The molecule has 2 N–H and O–H groups in total. The zero-order valence-corrected chi connectivity index (χ0v) is 14.3. The van der Waals surface area contributed by atoms with Gasteiger partial charge in [-0.3, -0.25) is 0 Å². The number of benzene rings is 2. The maximum atomic E-state index is 13.7. The second kappa shape index (κ2) is 6.26. The van der Waals surface area contributed by atoms with Crippen LogP contribution in [0.2, 0.25) is 0 Å². The lowest BCUT2D eigenvalue weighted by Gasteiger charge is -2.18. The molecule has 9 heteroatoms. The summed E-state index contributed by atoms with van der Waals surface area (Å²) in [5, 5.41) is 8.98. The average molecular weight is 381 g/mol. The maximum Gasteiger partial charge on any atom is 0.418 e. The molecule has 0 aliphatic carbocycles. The number of hydrogen-bond donors (Lipinski definition) is 1. The Kier molecular flexibility index (Phi) is 4.37. The predicted molar refractivity (Wildman–Crippen MR) is 90.1 cm³/mol. The van der Waals surface area contributed by atoms with Crippen molar-refractivity contribution >= 4 is 10.0 Å². The van der Waals surface area contributed by atoms with Crippen molar-refractivity contribution in [3.63, 3.8) is 0 Å². The molecule has 0 saturated heterocycles. The van der Waals surface area contributed by atoms with Gasteiger partial charge >= 0.3 is 6.18 Å². The minimum atomic E-state index is -4.81. The summed E-state index contributed by atoms with van der Waals surface area (Å²) in [5.74, 6) is 0. The molecule has 0 amide bonds. The third-order valence-electron chi connectivity index (χ3n) is 3.88. The van der Waals surface area contributed by atoms with Gasteiger partial charge in [0.15, 0.2) is 0 Å². The number of primary sulfonamides is 1. The Balaban J connectivity index is 2.45. The number of rotatable bonds is 3. The summed E-state index contributed by atoms with van der Waals surface area (Å²) in [6, 6.07) is 10.2. The molecule has 5 nitrogen and oxygen atoms in total. The van der Waals surface area contributed by atoms with Gasteiger partial charge in [-0.25, -0.2) is 18.2 Å². The molecule has 0 aliphatic rings. The summed E-state index contributed by atoms with van der Waals surface area (Å²) in [6.07, 6.45) is -2.32. The number of sulfonamides is 1. The van der Waals surface area contributed by atoms with Crippen LogP contribution in [0.3, 0.4) is 0 Å². The Morgan fingerprint density at radius 3 is 2.35 bits per heavy atom. The van der Waals surface area contributed by atoms with E-state index < -0.39 is 32.3 Å². The number of hydrogen-bond acceptors (Lipinski definition) is 3. The number of nitrogens with two attached hydrogens (primary N) is 1. The van der Waals surface area contributed by atoms with Crippen molar-refractivity contribution in [2.24, 2.45) is 5.14 Å². The number of aryl methyl sites for hydroxylation is 1. The highest BCUT2D eigenvalue weighted by Gasteiger charge is 2.38. The molecule has 0 spiro atoms. The van der Waals surface area contributed by atoms with Crippen LogP contribution in [-0.2, 0) is 16.2 Å². The van der Waals surface area contributed by atoms with Crippen LogP contribution < -0.4 is 5.14 Å². The van der Waals surface area contributed by atoms with Crippen molar-refractivity contribution in [2.75, 3.05) is 0 Å². The minimum Gasteiger partial charge on any atom is -0.239 e. The largest absolute Gasteiger partial charge is 0.418 e. The highest BCUT2D eigenvalue weighted by molar-refractivity contribution is 7.89. The fourth-order valence-corrected chi connectivity index (χ4v) is 3.49. The molecule has 0 fully saturated rings. The zero-order valence-electron chi connectivity index (χ0n) is 13.5. The first-order valence-electron chi connectivity index (χ1n) is 7.43. The molecule has 1 aromatic heterocycles. The van der Waals surface area contributed by atoms with Crippen LogP contribution in [0.5, 0.6) is 0 Å². The molecule has 0 unspecified atom stereocenters. The molecule has 0 atom stereocenters. The molecular formula is C17H14F3N3O2S. The van der Waals surface area contributed by atoms with Crippen molar-refractivity contribution in [2.45, 2.75) is 18.0 Å². The van der Waals surface area contributed by atoms with Crippen LogP contribution in [0, 0.1) is 6.92 Å². The second-order valence-corrected chi connectivity index (χ2v) is 7.21. The molecule has 3 aromatic rings. The highest BCUT2D eigenvalue weighted by atomic mass is 32.2. The van der Waals surface area contributed by atoms with Gasteiger partial charge in [0.1, 0.15) is 4.90 Å². The SMILES string of the molecule is Cc1ccccc1-c1cc(C(F)(F)F)c(-n2cccn2)c(S(N)(=O)=O)c1. The summed E-state index contributed by atoms with van der Waals surface area (Å²) in [6.45, 7) is 1.72. The van der Waals surface area contributed by atoms with Gasteiger partial charge in [0.05, 0.1) is 11.3 Å². The smallest absolute Gasteiger partial charge is 0.239 e.